The summed E-state index contributed by atoms with van der Waals surface area (Å²) in [5, 5.41) is 6.35. The molecule has 1 aromatic carbocycles. The summed E-state index contributed by atoms with van der Waals surface area (Å²) in [7, 11) is 0. The Morgan fingerprint density at radius 1 is 1.12 bits per heavy atom. The molecule has 2 fully saturated rings. The number of benzene rings is 1. The van der Waals surface area contributed by atoms with Gasteiger partial charge in [-0.2, -0.15) is 0 Å². The molecule has 0 aromatic heterocycles. The predicted octanol–water partition coefficient (Wildman–Crippen LogP) is 1.15. The van der Waals surface area contributed by atoms with Crippen LogP contribution in [0.3, 0.4) is 0 Å². The summed E-state index contributed by atoms with van der Waals surface area (Å²) in [5.74, 6) is -0.378. The maximum atomic E-state index is 13.6. The van der Waals surface area contributed by atoms with Gasteiger partial charge in [-0.3, -0.25) is 19.3 Å². The molecule has 0 saturated carbocycles. The number of amides is 3. The molecule has 8 heteroatoms. The topological polar surface area (TPSA) is 114 Å². The zero-order valence-corrected chi connectivity index (χ0v) is 19.7. The lowest BCUT2D eigenvalue weighted by Gasteiger charge is -2.40. The second-order valence-electron chi connectivity index (χ2n) is 9.88. The number of carbonyl (C=O) groups is 3. The number of ether oxygens (including phenoxy) is 1. The maximum absolute atomic E-state index is 13.6. The van der Waals surface area contributed by atoms with E-state index in [-0.39, 0.29) is 36.2 Å². The third-order valence-electron chi connectivity index (χ3n) is 7.48. The Balaban J connectivity index is 1.59. The van der Waals surface area contributed by atoms with Crippen molar-refractivity contribution in [3.8, 4) is 0 Å². The highest BCUT2D eigenvalue weighted by Gasteiger charge is 2.41. The molecule has 8 nitrogen and oxygen atoms in total. The highest BCUT2D eigenvalue weighted by atomic mass is 16.5. The fourth-order valence-corrected chi connectivity index (χ4v) is 5.42. The Hall–Kier alpha value is -2.71. The largest absolute Gasteiger partial charge is 0.381 e. The van der Waals surface area contributed by atoms with Crippen molar-refractivity contribution in [3.05, 3.63) is 48.0 Å². The van der Waals surface area contributed by atoms with E-state index in [1.807, 2.05) is 30.3 Å². The van der Waals surface area contributed by atoms with E-state index < -0.39 is 11.5 Å². The van der Waals surface area contributed by atoms with Crippen LogP contribution < -0.4 is 16.4 Å². The predicted molar refractivity (Wildman–Crippen MR) is 129 cm³/mol. The highest BCUT2D eigenvalue weighted by molar-refractivity contribution is 5.90. The Morgan fingerprint density at radius 2 is 1.88 bits per heavy atom. The van der Waals surface area contributed by atoms with Gasteiger partial charge in [-0.15, -0.1) is 0 Å². The van der Waals surface area contributed by atoms with Gasteiger partial charge in [0.1, 0.15) is 6.04 Å². The fraction of sp³-hybridized carbons (Fsp3) is 0.577. The van der Waals surface area contributed by atoms with E-state index in [0.717, 1.165) is 18.4 Å². The van der Waals surface area contributed by atoms with Gasteiger partial charge in [0, 0.05) is 38.8 Å². The van der Waals surface area contributed by atoms with Crippen LogP contribution in [0.15, 0.2) is 42.5 Å². The highest BCUT2D eigenvalue weighted by Crippen LogP contribution is 2.36. The van der Waals surface area contributed by atoms with Gasteiger partial charge < -0.3 is 21.1 Å². The van der Waals surface area contributed by atoms with Gasteiger partial charge in [0.2, 0.25) is 17.7 Å². The molecule has 3 amide bonds. The van der Waals surface area contributed by atoms with Crippen LogP contribution in [0.2, 0.25) is 0 Å². The second-order valence-corrected chi connectivity index (χ2v) is 9.88. The van der Waals surface area contributed by atoms with Crippen LogP contribution in [-0.2, 0) is 25.5 Å². The number of hydrogen-bond acceptors (Lipinski definition) is 5. The van der Waals surface area contributed by atoms with Gasteiger partial charge in [0.15, 0.2) is 0 Å². The van der Waals surface area contributed by atoms with Crippen LogP contribution in [0.25, 0.3) is 0 Å². The zero-order valence-electron chi connectivity index (χ0n) is 19.7. The summed E-state index contributed by atoms with van der Waals surface area (Å²) in [5.41, 5.74) is 5.86. The van der Waals surface area contributed by atoms with E-state index in [0.29, 0.717) is 52.0 Å². The number of allylic oxidation sites excluding steroid dienone is 2. The number of fused-ring (bicyclic) bond motifs is 1. The Labute approximate surface area is 201 Å². The quantitative estimate of drug-likeness (QED) is 0.574. The Kier molecular flexibility index (Phi) is 8.00. The van der Waals surface area contributed by atoms with Gasteiger partial charge >= 0.3 is 0 Å². The van der Waals surface area contributed by atoms with Crippen molar-refractivity contribution < 1.29 is 19.1 Å². The molecule has 2 saturated heterocycles. The number of nitrogens with one attached hydrogen (secondary N) is 2. The van der Waals surface area contributed by atoms with Crippen molar-refractivity contribution in [1.82, 2.24) is 15.5 Å². The molecule has 0 unspecified atom stereocenters. The maximum Gasteiger partial charge on any atom is 0.243 e. The lowest BCUT2D eigenvalue weighted by molar-refractivity contribution is -0.140. The monoisotopic (exact) mass is 468 g/mol. The van der Waals surface area contributed by atoms with Crippen molar-refractivity contribution in [2.24, 2.45) is 17.1 Å². The average molecular weight is 469 g/mol. The van der Waals surface area contributed by atoms with Crippen molar-refractivity contribution in [3.63, 3.8) is 0 Å². The fourth-order valence-electron chi connectivity index (χ4n) is 5.42. The molecule has 3 aliphatic rings. The van der Waals surface area contributed by atoms with Crippen LogP contribution in [0.4, 0.5) is 0 Å². The third-order valence-corrected chi connectivity index (χ3v) is 7.48. The SMILES string of the molecule is NC(=O)CN1CC[C@H]2NC(=O)[C@@H](Cc3ccccc3)NC(=O)C3(C/C=C/C[C@H]2C1)CCOCC3. The molecule has 4 rings (SSSR count). The lowest BCUT2D eigenvalue weighted by atomic mass is 9.75. The molecule has 3 aliphatic heterocycles. The van der Waals surface area contributed by atoms with Crippen LogP contribution in [-0.4, -0.2) is 67.6 Å². The molecule has 1 spiro atoms. The first-order chi connectivity index (χ1) is 16.4. The van der Waals surface area contributed by atoms with Gasteiger partial charge in [-0.25, -0.2) is 0 Å². The molecule has 0 aliphatic carbocycles. The summed E-state index contributed by atoms with van der Waals surface area (Å²) >= 11 is 0. The summed E-state index contributed by atoms with van der Waals surface area (Å²) in [6.45, 7) is 2.73. The third kappa shape index (κ3) is 6.04. The molecule has 184 valence electrons. The minimum atomic E-state index is -0.651. The summed E-state index contributed by atoms with van der Waals surface area (Å²) in [6.07, 6.45) is 8.11. The van der Waals surface area contributed by atoms with Crippen molar-refractivity contribution in [2.45, 2.75) is 50.6 Å². The normalized spacial score (nSPS) is 29.1. The van der Waals surface area contributed by atoms with E-state index in [1.54, 1.807) is 0 Å². The Morgan fingerprint density at radius 3 is 2.62 bits per heavy atom. The minimum absolute atomic E-state index is 0.0204. The molecule has 4 N–H and O–H groups in total. The summed E-state index contributed by atoms with van der Waals surface area (Å²) < 4.78 is 5.55. The van der Waals surface area contributed by atoms with E-state index in [9.17, 15) is 14.4 Å². The standard InChI is InChI=1S/C26H36N4O4/c27-23(31)18-30-13-9-21-20(17-30)8-4-5-10-26(11-14-34-15-12-26)25(33)29-22(24(32)28-21)16-19-6-2-1-3-7-19/h1-7,20-22H,8-18H2,(H2,27,31)(H,28,32)(H,29,33)/b5-4+/t20-,21+,22+/m0/s1. The molecular weight excluding hydrogens is 432 g/mol. The number of piperidine rings is 1. The number of rotatable bonds is 4. The molecule has 3 heterocycles. The first kappa shape index (κ1) is 24.4. The van der Waals surface area contributed by atoms with Gasteiger partial charge in [0.05, 0.1) is 12.0 Å². The van der Waals surface area contributed by atoms with Crippen LogP contribution in [0.5, 0.6) is 0 Å². The zero-order chi connectivity index (χ0) is 24.0. The molecule has 1 aromatic rings. The molecule has 0 bridgehead atoms. The molecule has 0 radical (unpaired) electrons. The van der Waals surface area contributed by atoms with Crippen molar-refractivity contribution >= 4 is 17.7 Å². The number of primary amides is 1. The summed E-state index contributed by atoms with van der Waals surface area (Å²) in [4.78, 5) is 40.6. The Bertz CT molecular complexity index is 897. The van der Waals surface area contributed by atoms with Gasteiger partial charge in [0.25, 0.3) is 0 Å². The molecule has 34 heavy (non-hydrogen) atoms. The lowest BCUT2D eigenvalue weighted by Crippen LogP contribution is -2.58. The average Bonchev–Trinajstić information content (AvgIpc) is 2.83. The van der Waals surface area contributed by atoms with E-state index >= 15 is 0 Å². The van der Waals surface area contributed by atoms with Crippen LogP contribution in [0.1, 0.15) is 37.7 Å². The van der Waals surface area contributed by atoms with E-state index in [2.05, 4.69) is 27.7 Å². The van der Waals surface area contributed by atoms with Crippen LogP contribution in [0, 0.1) is 11.3 Å². The van der Waals surface area contributed by atoms with Crippen molar-refractivity contribution in [1.29, 1.82) is 0 Å². The first-order valence-electron chi connectivity index (χ1n) is 12.3. The molecular formula is C26H36N4O4. The first-order valence-corrected chi connectivity index (χ1v) is 12.3. The number of likely N-dealkylation sites (tertiary alicyclic amines) is 1. The minimum Gasteiger partial charge on any atom is -0.381 e. The smallest absolute Gasteiger partial charge is 0.243 e. The summed E-state index contributed by atoms with van der Waals surface area (Å²) in [6, 6.07) is 9.12. The van der Waals surface area contributed by atoms with Crippen LogP contribution >= 0.6 is 0 Å². The number of nitrogens with zero attached hydrogens (tertiary/aromatic N) is 1. The molecule has 3 atom stereocenters. The van der Waals surface area contributed by atoms with Gasteiger partial charge in [-0.05, 0) is 43.6 Å². The number of carbonyl (C=O) groups excluding carboxylic acids is 3. The number of hydrogen-bond donors (Lipinski definition) is 3. The van der Waals surface area contributed by atoms with Crippen molar-refractivity contribution in [2.75, 3.05) is 32.8 Å². The number of nitrogens with two attached hydrogens (primary N) is 1. The van der Waals surface area contributed by atoms with E-state index in [1.165, 1.54) is 0 Å². The second kappa shape index (κ2) is 11.1. The van der Waals surface area contributed by atoms with Gasteiger partial charge in [-0.1, -0.05) is 42.5 Å². The van der Waals surface area contributed by atoms with E-state index in [4.69, 9.17) is 10.5 Å².